The Hall–Kier alpha value is -4.11. The van der Waals surface area contributed by atoms with E-state index in [2.05, 4.69) is 22.1 Å². The average Bonchev–Trinajstić information content (AvgIpc) is 3.77. The van der Waals surface area contributed by atoms with Gasteiger partial charge in [-0.25, -0.2) is 14.2 Å². The van der Waals surface area contributed by atoms with Crippen molar-refractivity contribution in [3.8, 4) is 11.6 Å². The number of benzene rings is 1. The van der Waals surface area contributed by atoms with Crippen LogP contribution in [0.25, 0.3) is 0 Å². The third-order valence-electron chi connectivity index (χ3n) is 8.52. The normalized spacial score (nSPS) is 18.4. The van der Waals surface area contributed by atoms with Crippen LogP contribution >= 0.6 is 0 Å². The lowest BCUT2D eigenvalue weighted by atomic mass is 9.82. The lowest BCUT2D eigenvalue weighted by molar-refractivity contribution is -0.139. The number of carboxylic acids is 1. The molecule has 2 aliphatic carbocycles. The van der Waals surface area contributed by atoms with E-state index in [4.69, 9.17) is 14.2 Å². The smallest absolute Gasteiger partial charge is 0.421 e. The quantitative estimate of drug-likeness (QED) is 0.217. The highest BCUT2D eigenvalue weighted by atomic mass is 19.4. The third-order valence-corrected chi connectivity index (χ3v) is 8.52. The Labute approximate surface area is 268 Å². The van der Waals surface area contributed by atoms with Gasteiger partial charge < -0.3 is 24.2 Å². The zero-order chi connectivity index (χ0) is 33.9. The Morgan fingerprint density at radius 3 is 2.32 bits per heavy atom. The van der Waals surface area contributed by atoms with E-state index in [1.54, 1.807) is 6.20 Å². The molecule has 1 amide bonds. The van der Waals surface area contributed by atoms with Crippen LogP contribution in [0, 0.1) is 17.7 Å². The van der Waals surface area contributed by atoms with Gasteiger partial charge in [0, 0.05) is 44.4 Å². The van der Waals surface area contributed by atoms with Gasteiger partial charge in [-0.2, -0.15) is 28.2 Å². The number of ether oxygens (including phenoxy) is 3. The predicted octanol–water partition coefficient (Wildman–Crippen LogP) is 6.07. The van der Waals surface area contributed by atoms with Crippen molar-refractivity contribution in [2.24, 2.45) is 11.8 Å². The molecule has 0 unspecified atom stereocenters. The molecule has 2 saturated carbocycles. The number of aromatic carboxylic acids is 1. The monoisotopic (exact) mass is 663 g/mol. The first-order valence-electron chi connectivity index (χ1n) is 15.4. The summed E-state index contributed by atoms with van der Waals surface area (Å²) in [6.07, 6.45) is 2.45. The zero-order valence-electron chi connectivity index (χ0n) is 26.3. The molecule has 254 valence electrons. The van der Waals surface area contributed by atoms with Crippen molar-refractivity contribution < 1.29 is 46.5 Å². The first-order chi connectivity index (χ1) is 22.4. The summed E-state index contributed by atoms with van der Waals surface area (Å²) in [5.41, 5.74) is -1.25. The van der Waals surface area contributed by atoms with E-state index in [0.29, 0.717) is 24.7 Å². The van der Waals surface area contributed by atoms with Crippen molar-refractivity contribution in [3.05, 3.63) is 58.8 Å². The van der Waals surface area contributed by atoms with Gasteiger partial charge in [-0.1, -0.05) is 6.92 Å². The minimum Gasteiger partial charge on any atom is -0.478 e. The Bertz CT molecular complexity index is 1580. The van der Waals surface area contributed by atoms with E-state index in [1.165, 1.54) is 23.9 Å². The van der Waals surface area contributed by atoms with Gasteiger partial charge in [0.2, 0.25) is 11.8 Å². The molecule has 0 radical (unpaired) electrons. The number of alkyl halides is 3. The van der Waals surface area contributed by atoms with E-state index in [0.717, 1.165) is 55.8 Å². The van der Waals surface area contributed by atoms with Crippen LogP contribution in [-0.2, 0) is 27.0 Å². The summed E-state index contributed by atoms with van der Waals surface area (Å²) in [6, 6.07) is 1.52. The number of carbonyl (C=O) groups is 2. The molecule has 0 atom stereocenters. The first-order valence-corrected chi connectivity index (χ1v) is 15.4. The summed E-state index contributed by atoms with van der Waals surface area (Å²) in [5.74, 6) is -4.66. The second-order valence-electron chi connectivity index (χ2n) is 12.2. The molecule has 15 heteroatoms. The lowest BCUT2D eigenvalue weighted by Gasteiger charge is -2.36. The minimum absolute atomic E-state index is 0.0528. The number of nitrogens with zero attached hydrogens (tertiary/aromatic N) is 5. The molecule has 2 fully saturated rings. The van der Waals surface area contributed by atoms with Gasteiger partial charge >= 0.3 is 12.1 Å². The number of hydrogen-bond acceptors (Lipinski definition) is 8. The summed E-state index contributed by atoms with van der Waals surface area (Å²) < 4.78 is 74.2. The maximum absolute atomic E-state index is 15.8. The predicted molar refractivity (Wildman–Crippen MR) is 160 cm³/mol. The van der Waals surface area contributed by atoms with Gasteiger partial charge in [-0.15, -0.1) is 0 Å². The van der Waals surface area contributed by atoms with Crippen molar-refractivity contribution in [3.63, 3.8) is 0 Å². The molecular formula is C32H37F4N5O6. The number of rotatable bonds is 13. The molecule has 1 N–H and O–H groups in total. The highest BCUT2D eigenvalue weighted by molar-refractivity contribution is 6.03. The van der Waals surface area contributed by atoms with E-state index >= 15 is 4.39 Å². The molecule has 5 rings (SSSR count). The molecule has 2 aliphatic rings. The van der Waals surface area contributed by atoms with Crippen LogP contribution in [0.4, 0.5) is 23.2 Å². The molecule has 2 aromatic heterocycles. The number of methoxy groups -OCH3 is 2. The van der Waals surface area contributed by atoms with Gasteiger partial charge in [-0.3, -0.25) is 4.79 Å². The lowest BCUT2D eigenvalue weighted by Crippen LogP contribution is -2.49. The minimum atomic E-state index is -4.95. The number of anilines is 1. The molecule has 3 aromatic rings. The number of amides is 1. The summed E-state index contributed by atoms with van der Waals surface area (Å²) in [5, 5.41) is 18.6. The summed E-state index contributed by atoms with van der Waals surface area (Å²) >= 11 is 0. The fraction of sp³-hybridized carbons (Fsp3) is 0.531. The maximum atomic E-state index is 15.8. The SMILES string of the molecule is COCC(COC)N(C(=O)C1CCC(C)CC1)c1cc(F)c(Oc2ncc(Cn3ncc(C4CC4)n3)cc2C(F)(F)F)cc1C(=O)O. The van der Waals surface area contributed by atoms with E-state index in [-0.39, 0.29) is 31.0 Å². The van der Waals surface area contributed by atoms with Crippen LogP contribution in [0.15, 0.2) is 30.6 Å². The van der Waals surface area contributed by atoms with Crippen LogP contribution < -0.4 is 9.64 Å². The molecule has 0 spiro atoms. The van der Waals surface area contributed by atoms with Crippen LogP contribution in [0.2, 0.25) is 0 Å². The van der Waals surface area contributed by atoms with Crippen molar-refractivity contribution >= 4 is 17.6 Å². The van der Waals surface area contributed by atoms with Crippen molar-refractivity contribution in [1.29, 1.82) is 0 Å². The highest BCUT2D eigenvalue weighted by Crippen LogP contribution is 2.41. The van der Waals surface area contributed by atoms with Gasteiger partial charge in [-0.05, 0) is 56.1 Å². The summed E-state index contributed by atoms with van der Waals surface area (Å²) in [6.45, 7) is 1.89. The fourth-order valence-corrected chi connectivity index (χ4v) is 5.86. The second-order valence-corrected chi connectivity index (χ2v) is 12.2. The zero-order valence-corrected chi connectivity index (χ0v) is 26.3. The Morgan fingerprint density at radius 1 is 1.04 bits per heavy atom. The highest BCUT2D eigenvalue weighted by Gasteiger charge is 2.38. The van der Waals surface area contributed by atoms with Crippen LogP contribution in [0.5, 0.6) is 11.6 Å². The molecule has 0 aliphatic heterocycles. The molecule has 0 bridgehead atoms. The maximum Gasteiger partial charge on any atom is 0.421 e. The van der Waals surface area contributed by atoms with Crippen molar-refractivity contribution in [1.82, 2.24) is 20.0 Å². The Kier molecular flexibility index (Phi) is 10.4. The average molecular weight is 664 g/mol. The van der Waals surface area contributed by atoms with E-state index in [1.807, 2.05) is 0 Å². The molecule has 1 aromatic carbocycles. The first kappa shape index (κ1) is 34.2. The van der Waals surface area contributed by atoms with Crippen molar-refractivity contribution in [2.45, 2.75) is 70.1 Å². The number of halogens is 4. The number of pyridine rings is 1. The van der Waals surface area contributed by atoms with E-state index in [9.17, 15) is 27.9 Å². The van der Waals surface area contributed by atoms with Gasteiger partial charge in [0.15, 0.2) is 11.6 Å². The molecule has 0 saturated heterocycles. The fourth-order valence-electron chi connectivity index (χ4n) is 5.86. The summed E-state index contributed by atoms with van der Waals surface area (Å²) in [4.78, 5) is 32.7. The van der Waals surface area contributed by atoms with Crippen LogP contribution in [-0.4, -0.2) is 70.4 Å². The third kappa shape index (κ3) is 8.07. The number of aromatic nitrogens is 4. The standard InChI is InChI=1S/C32H37F4N5O6/c1-18-4-6-21(7-5-18)30(42)41(22(16-45-2)17-46-3)27-12-25(33)28(11-23(27)31(43)44)47-29-24(32(34,35)36)10-19(13-37-29)15-40-38-14-26(39-40)20-8-9-20/h10-14,18,20-22H,4-9,15-17H2,1-3H3,(H,43,44). The van der Waals surface area contributed by atoms with Gasteiger partial charge in [0.05, 0.1) is 48.9 Å². The Balaban J connectivity index is 1.49. The molecular weight excluding hydrogens is 626 g/mol. The number of carboxylic acid groups (broad SMARTS) is 1. The number of carbonyl (C=O) groups excluding carboxylic acids is 1. The van der Waals surface area contributed by atoms with Crippen LogP contribution in [0.1, 0.15) is 78.5 Å². The molecule has 11 nitrogen and oxygen atoms in total. The van der Waals surface area contributed by atoms with Crippen LogP contribution in [0.3, 0.4) is 0 Å². The molecule has 47 heavy (non-hydrogen) atoms. The Morgan fingerprint density at radius 2 is 1.72 bits per heavy atom. The second kappa shape index (κ2) is 14.3. The van der Waals surface area contributed by atoms with Gasteiger partial charge in [0.1, 0.15) is 5.56 Å². The van der Waals surface area contributed by atoms with Crippen molar-refractivity contribution in [2.75, 3.05) is 32.3 Å². The molecule has 2 heterocycles. The van der Waals surface area contributed by atoms with Gasteiger partial charge in [0.25, 0.3) is 0 Å². The van der Waals surface area contributed by atoms with E-state index < -0.39 is 58.6 Å². The summed E-state index contributed by atoms with van der Waals surface area (Å²) in [7, 11) is 2.80. The number of hydrogen-bond donors (Lipinski definition) is 1. The topological polar surface area (TPSA) is 129 Å². The largest absolute Gasteiger partial charge is 0.478 e.